The van der Waals surface area contributed by atoms with Gasteiger partial charge in [-0.05, 0) is 24.5 Å². The number of para-hydroxylation sites is 1. The van der Waals surface area contributed by atoms with Crippen LogP contribution in [0, 0.1) is 5.92 Å². The lowest BCUT2D eigenvalue weighted by atomic mass is 9.94. The highest BCUT2D eigenvalue weighted by atomic mass is 16.5. The van der Waals surface area contributed by atoms with E-state index in [1.165, 1.54) is 11.8 Å². The number of methoxy groups -OCH3 is 1. The molecule has 7 heteroatoms. The van der Waals surface area contributed by atoms with Crippen LogP contribution in [0.3, 0.4) is 0 Å². The highest BCUT2D eigenvalue weighted by Gasteiger charge is 2.66. The second kappa shape index (κ2) is 6.72. The van der Waals surface area contributed by atoms with Crippen molar-refractivity contribution in [3.63, 3.8) is 0 Å². The summed E-state index contributed by atoms with van der Waals surface area (Å²) in [5.74, 6) is 0.218. The van der Waals surface area contributed by atoms with Crippen LogP contribution < -0.4 is 10.6 Å². The fourth-order valence-corrected chi connectivity index (χ4v) is 3.49. The number of esters is 1. The largest absolute Gasteiger partial charge is 0.467 e. The molecule has 0 spiro atoms. The first-order valence-corrected chi connectivity index (χ1v) is 8.91. The number of hydrogen-bond acceptors (Lipinski definition) is 6. The Balaban J connectivity index is 2.13. The molecule has 7 nitrogen and oxygen atoms in total. The van der Waals surface area contributed by atoms with Crippen molar-refractivity contribution in [3.8, 4) is 0 Å². The zero-order valence-electron chi connectivity index (χ0n) is 15.6. The van der Waals surface area contributed by atoms with Gasteiger partial charge in [-0.25, -0.2) is 14.5 Å². The van der Waals surface area contributed by atoms with E-state index in [-0.39, 0.29) is 18.0 Å². The average molecular weight is 359 g/mol. The number of carbonyl (C=O) groups excluding carboxylic acids is 1. The summed E-state index contributed by atoms with van der Waals surface area (Å²) >= 11 is 0. The molecule has 1 aliphatic heterocycles. The smallest absolute Gasteiger partial charge is 0.337 e. The van der Waals surface area contributed by atoms with Crippen LogP contribution in [0.15, 0.2) is 29.1 Å². The van der Waals surface area contributed by atoms with Crippen LogP contribution in [0.4, 0.5) is 0 Å². The van der Waals surface area contributed by atoms with Crippen molar-refractivity contribution in [1.82, 2.24) is 9.66 Å². The van der Waals surface area contributed by atoms with Crippen LogP contribution in [-0.4, -0.2) is 46.0 Å². The number of carbonyl (C=O) groups is 1. The first kappa shape index (κ1) is 18.4. The lowest BCUT2D eigenvalue weighted by molar-refractivity contribution is -0.146. The molecule has 0 aliphatic carbocycles. The van der Waals surface area contributed by atoms with Gasteiger partial charge in [-0.2, -0.15) is 0 Å². The van der Waals surface area contributed by atoms with Gasteiger partial charge in [0.2, 0.25) is 0 Å². The molecule has 140 valence electrons. The van der Waals surface area contributed by atoms with Crippen molar-refractivity contribution in [1.29, 1.82) is 0 Å². The fourth-order valence-electron chi connectivity index (χ4n) is 3.49. The zero-order valence-corrected chi connectivity index (χ0v) is 15.6. The molecule has 3 rings (SSSR count). The Hall–Kier alpha value is -2.41. The molecule has 0 saturated carbocycles. The number of ether oxygens (including phenoxy) is 1. The predicted molar refractivity (Wildman–Crippen MR) is 98.7 cm³/mol. The van der Waals surface area contributed by atoms with Crippen molar-refractivity contribution in [2.24, 2.45) is 5.92 Å². The monoisotopic (exact) mass is 359 g/mol. The number of rotatable bonds is 6. The molecular formula is C19H25N3O4. The third kappa shape index (κ3) is 2.76. The summed E-state index contributed by atoms with van der Waals surface area (Å²) in [7, 11) is 1.30. The highest BCUT2D eigenvalue weighted by Crippen LogP contribution is 2.37. The Bertz CT molecular complexity index is 892. The van der Waals surface area contributed by atoms with Gasteiger partial charge in [0, 0.05) is 6.42 Å². The van der Waals surface area contributed by atoms with Crippen molar-refractivity contribution in [3.05, 3.63) is 40.4 Å². The molecular weight excluding hydrogens is 334 g/mol. The fraction of sp³-hybridized carbons (Fsp3) is 0.526. The number of hydrogen-bond donors (Lipinski definition) is 1. The first-order valence-electron chi connectivity index (χ1n) is 8.91. The topological polar surface area (TPSA) is 84.4 Å². The van der Waals surface area contributed by atoms with Crippen LogP contribution in [0.25, 0.3) is 10.9 Å². The van der Waals surface area contributed by atoms with E-state index in [1.807, 2.05) is 26.8 Å². The molecule has 0 unspecified atom stereocenters. The summed E-state index contributed by atoms with van der Waals surface area (Å²) in [4.78, 5) is 30.2. The molecule has 1 N–H and O–H groups in total. The third-order valence-corrected chi connectivity index (χ3v) is 4.91. The average Bonchev–Trinajstić information content (AvgIpc) is 3.36. The number of aromatic nitrogens is 2. The van der Waals surface area contributed by atoms with Gasteiger partial charge in [0.05, 0.1) is 30.7 Å². The SMILES string of the molecule is CCc1nc2ccccc2c(=O)n1N1C[C@@]1(C(=O)OC)[C@H](O)CC(C)C. The second-order valence-electron chi connectivity index (χ2n) is 7.13. The molecule has 2 aromatic rings. The lowest BCUT2D eigenvalue weighted by Gasteiger charge is -2.25. The van der Waals surface area contributed by atoms with Gasteiger partial charge in [0.25, 0.3) is 5.56 Å². The van der Waals surface area contributed by atoms with Crippen molar-refractivity contribution in [2.45, 2.75) is 45.3 Å². The maximum atomic E-state index is 13.1. The summed E-state index contributed by atoms with van der Waals surface area (Å²) < 4.78 is 6.39. The molecule has 2 atom stereocenters. The molecule has 26 heavy (non-hydrogen) atoms. The van der Waals surface area contributed by atoms with Gasteiger partial charge >= 0.3 is 5.97 Å². The lowest BCUT2D eigenvalue weighted by Crippen LogP contribution is -2.48. The van der Waals surface area contributed by atoms with Crippen LogP contribution in [0.5, 0.6) is 0 Å². The number of fused-ring (bicyclic) bond motifs is 1. The Labute approximate surface area is 152 Å². The quantitative estimate of drug-likeness (QED) is 0.617. The van der Waals surface area contributed by atoms with Gasteiger partial charge in [-0.1, -0.05) is 32.9 Å². The summed E-state index contributed by atoms with van der Waals surface area (Å²) in [5.41, 5.74) is -0.856. The molecule has 0 bridgehead atoms. The molecule has 2 heterocycles. The maximum Gasteiger partial charge on any atom is 0.337 e. The van der Waals surface area contributed by atoms with Gasteiger partial charge in [0.15, 0.2) is 5.54 Å². The van der Waals surface area contributed by atoms with E-state index in [2.05, 4.69) is 4.98 Å². The van der Waals surface area contributed by atoms with E-state index in [0.29, 0.717) is 29.6 Å². The van der Waals surface area contributed by atoms with Crippen molar-refractivity contribution >= 4 is 16.9 Å². The highest BCUT2D eigenvalue weighted by molar-refractivity contribution is 5.90. The Kier molecular flexibility index (Phi) is 4.75. The minimum atomic E-state index is -1.24. The molecule has 1 aromatic carbocycles. The predicted octanol–water partition coefficient (Wildman–Crippen LogP) is 1.23. The number of aliphatic hydroxyl groups excluding tert-OH is 1. The summed E-state index contributed by atoms with van der Waals surface area (Å²) in [6.45, 7) is 6.08. The van der Waals surface area contributed by atoms with Crippen LogP contribution >= 0.6 is 0 Å². The molecule has 1 aliphatic rings. The number of aliphatic hydroxyl groups is 1. The van der Waals surface area contributed by atoms with Gasteiger partial charge < -0.3 is 9.84 Å². The molecule has 1 saturated heterocycles. The Morgan fingerprint density at radius 1 is 1.38 bits per heavy atom. The first-order chi connectivity index (χ1) is 12.4. The molecule has 0 amide bonds. The van der Waals surface area contributed by atoms with Crippen LogP contribution in [0.2, 0.25) is 0 Å². The number of aryl methyl sites for hydroxylation is 1. The van der Waals surface area contributed by atoms with E-state index in [9.17, 15) is 14.7 Å². The minimum Gasteiger partial charge on any atom is -0.467 e. The zero-order chi connectivity index (χ0) is 19.1. The minimum absolute atomic E-state index is 0.200. The molecule has 1 aromatic heterocycles. The summed E-state index contributed by atoms with van der Waals surface area (Å²) in [5, 5.41) is 12.8. The van der Waals surface area contributed by atoms with Crippen molar-refractivity contribution < 1.29 is 14.6 Å². The second-order valence-corrected chi connectivity index (χ2v) is 7.13. The third-order valence-electron chi connectivity index (χ3n) is 4.91. The van der Waals surface area contributed by atoms with Gasteiger partial charge in [-0.3, -0.25) is 9.80 Å². The number of nitrogens with zero attached hydrogens (tertiary/aromatic N) is 3. The van der Waals surface area contributed by atoms with E-state index in [0.717, 1.165) is 0 Å². The Morgan fingerprint density at radius 3 is 2.69 bits per heavy atom. The molecule has 0 radical (unpaired) electrons. The van der Waals surface area contributed by atoms with Gasteiger partial charge in [0.1, 0.15) is 5.82 Å². The maximum absolute atomic E-state index is 13.1. The Morgan fingerprint density at radius 2 is 2.08 bits per heavy atom. The van der Waals surface area contributed by atoms with Crippen LogP contribution in [0.1, 0.15) is 33.0 Å². The number of benzene rings is 1. The molecule has 1 fully saturated rings. The van der Waals surface area contributed by atoms with Crippen molar-refractivity contribution in [2.75, 3.05) is 18.7 Å². The van der Waals surface area contributed by atoms with Crippen LogP contribution in [-0.2, 0) is 16.0 Å². The standard InChI is InChI=1S/C19H25N3O4/c1-5-16-20-14-9-7-6-8-13(14)17(24)22(16)21-11-19(21,18(25)26-4)15(23)10-12(2)3/h6-9,12,15,23H,5,10-11H2,1-4H3/t15-,19+,21?/m1/s1. The van der Waals surface area contributed by atoms with E-state index in [4.69, 9.17) is 4.74 Å². The summed E-state index contributed by atoms with van der Waals surface area (Å²) in [6, 6.07) is 7.13. The normalized spacial score (nSPS) is 20.5. The van der Waals surface area contributed by atoms with E-state index >= 15 is 0 Å². The summed E-state index contributed by atoms with van der Waals surface area (Å²) in [6.07, 6.45) is 0.0229. The van der Waals surface area contributed by atoms with Gasteiger partial charge in [-0.15, -0.1) is 0 Å². The van der Waals surface area contributed by atoms with E-state index in [1.54, 1.807) is 23.2 Å². The van der Waals surface area contributed by atoms with E-state index < -0.39 is 17.6 Å².